The van der Waals surface area contributed by atoms with Crippen molar-refractivity contribution in [1.82, 2.24) is 16.5 Å². The van der Waals surface area contributed by atoms with E-state index in [0.29, 0.717) is 22.8 Å². The summed E-state index contributed by atoms with van der Waals surface area (Å²) in [6.07, 6.45) is 4.72. The van der Waals surface area contributed by atoms with E-state index in [1.807, 2.05) is 12.1 Å². The van der Waals surface area contributed by atoms with Crippen LogP contribution in [0.15, 0.2) is 42.5 Å². The Hall–Kier alpha value is -2.14. The molecule has 2 aromatic carbocycles. The number of rotatable bonds is 4. The van der Waals surface area contributed by atoms with E-state index < -0.39 is 0 Å². The normalized spacial score (nSPS) is 19.1. The lowest BCUT2D eigenvalue weighted by Crippen LogP contribution is -2.32. The van der Waals surface area contributed by atoms with Gasteiger partial charge in [-0.25, -0.2) is 4.98 Å². The largest absolute Gasteiger partial charge is 0.384 e. The molecular weight excluding hydrogens is 380 g/mol. The van der Waals surface area contributed by atoms with Crippen molar-refractivity contribution in [2.24, 2.45) is 0 Å². The summed E-state index contributed by atoms with van der Waals surface area (Å²) in [7, 11) is 0. The quantitative estimate of drug-likeness (QED) is 0.487. The number of nitrogens with two attached hydrogens (primary N) is 1. The van der Waals surface area contributed by atoms with Gasteiger partial charge in [0.25, 0.3) is 0 Å². The first kappa shape index (κ1) is 21.6. The topological polar surface area (TPSA) is 85.9 Å². The summed E-state index contributed by atoms with van der Waals surface area (Å²) in [5, 5.41) is 5.66. The summed E-state index contributed by atoms with van der Waals surface area (Å²) < 4.78 is 0. The first-order valence-electron chi connectivity index (χ1n) is 10.1. The lowest BCUT2D eigenvalue weighted by molar-refractivity contribution is 0.342. The van der Waals surface area contributed by atoms with Crippen LogP contribution in [0.25, 0.3) is 10.9 Å². The minimum absolute atomic E-state index is 0. The number of hydrogen-bond donors (Lipinski definition) is 3. The zero-order valence-corrected chi connectivity index (χ0v) is 18.1. The molecule has 0 aliphatic heterocycles. The zero-order chi connectivity index (χ0) is 19.7. The van der Waals surface area contributed by atoms with Crippen molar-refractivity contribution in [3.8, 4) is 0 Å². The van der Waals surface area contributed by atoms with Gasteiger partial charge in [-0.3, -0.25) is 0 Å². The summed E-state index contributed by atoms with van der Waals surface area (Å²) in [4.78, 5) is 4.47. The number of nitrogens with one attached hydrogen (secondary N) is 1. The molecule has 1 aliphatic carbocycles. The molecule has 6 N–H and O–H groups in total. The van der Waals surface area contributed by atoms with E-state index in [1.165, 1.54) is 53.3 Å². The highest BCUT2D eigenvalue weighted by molar-refractivity contribution is 6.31. The number of pyridine rings is 1. The fourth-order valence-electron chi connectivity index (χ4n) is 4.63. The van der Waals surface area contributed by atoms with Crippen LogP contribution in [0.5, 0.6) is 0 Å². The number of nitrogens with zero attached hydrogens (tertiary/aromatic N) is 1. The van der Waals surface area contributed by atoms with Crippen LogP contribution in [-0.2, 0) is 6.54 Å². The fourth-order valence-corrected chi connectivity index (χ4v) is 4.80. The molecular formula is C24H31ClN4. The molecule has 1 heterocycles. The van der Waals surface area contributed by atoms with Crippen LogP contribution in [0, 0.1) is 13.8 Å². The molecule has 0 atom stereocenters. The van der Waals surface area contributed by atoms with Crippen LogP contribution in [0.2, 0.25) is 5.02 Å². The monoisotopic (exact) mass is 410 g/mol. The lowest BCUT2D eigenvalue weighted by Gasteiger charge is -2.30. The maximum absolute atomic E-state index is 6.14. The highest BCUT2D eigenvalue weighted by Crippen LogP contribution is 2.37. The molecule has 5 heteroatoms. The number of anilines is 1. The molecule has 3 aromatic rings. The number of aromatic nitrogens is 1. The summed E-state index contributed by atoms with van der Waals surface area (Å²) in [6.45, 7) is 5.28. The Bertz CT molecular complexity index is 968. The Morgan fingerprint density at radius 2 is 1.69 bits per heavy atom. The van der Waals surface area contributed by atoms with E-state index in [1.54, 1.807) is 0 Å². The fraction of sp³-hybridized carbons (Fsp3) is 0.375. The third-order valence-corrected chi connectivity index (χ3v) is 6.10. The Morgan fingerprint density at radius 3 is 2.38 bits per heavy atom. The molecule has 1 aromatic heterocycles. The van der Waals surface area contributed by atoms with Crippen LogP contribution in [0.3, 0.4) is 0 Å². The number of nitrogen functional groups attached to an aromatic ring is 1. The van der Waals surface area contributed by atoms with Gasteiger partial charge in [-0.2, -0.15) is 0 Å². The summed E-state index contributed by atoms with van der Waals surface area (Å²) in [6, 6.07) is 15.4. The van der Waals surface area contributed by atoms with Crippen LogP contribution in [0.4, 0.5) is 5.82 Å². The molecule has 0 bridgehead atoms. The molecule has 1 saturated carbocycles. The molecule has 0 unspecified atom stereocenters. The Labute approximate surface area is 178 Å². The van der Waals surface area contributed by atoms with Crippen LogP contribution in [0.1, 0.15) is 53.9 Å². The summed E-state index contributed by atoms with van der Waals surface area (Å²) >= 11 is 6.14. The van der Waals surface area contributed by atoms with Crippen molar-refractivity contribution in [3.63, 3.8) is 0 Å². The Morgan fingerprint density at radius 1 is 1.00 bits per heavy atom. The summed E-state index contributed by atoms with van der Waals surface area (Å²) in [5.41, 5.74) is 12.4. The predicted molar refractivity (Wildman–Crippen MR) is 124 cm³/mol. The van der Waals surface area contributed by atoms with Crippen molar-refractivity contribution < 1.29 is 0 Å². The average molecular weight is 411 g/mol. The predicted octanol–water partition coefficient (Wildman–Crippen LogP) is 6.07. The van der Waals surface area contributed by atoms with Gasteiger partial charge >= 0.3 is 0 Å². The first-order chi connectivity index (χ1) is 13.5. The highest BCUT2D eigenvalue weighted by atomic mass is 35.5. The Balaban J connectivity index is 0.00000240. The number of halogens is 1. The number of aryl methyl sites for hydroxylation is 2. The lowest BCUT2D eigenvalue weighted by atomic mass is 9.80. The van der Waals surface area contributed by atoms with E-state index in [4.69, 9.17) is 17.3 Å². The van der Waals surface area contributed by atoms with Gasteiger partial charge in [0.15, 0.2) is 0 Å². The molecule has 1 fully saturated rings. The SMILES string of the molecule is Cc1cc(C)cc(CNC2CCC(c3cc(N)nc4cc(Cl)ccc34)CC2)c1.N. The highest BCUT2D eigenvalue weighted by Gasteiger charge is 2.24. The van der Waals surface area contributed by atoms with E-state index >= 15 is 0 Å². The molecule has 0 radical (unpaired) electrons. The van der Waals surface area contributed by atoms with Crippen LogP contribution >= 0.6 is 11.6 Å². The molecule has 4 nitrogen and oxygen atoms in total. The third-order valence-electron chi connectivity index (χ3n) is 5.87. The van der Waals surface area contributed by atoms with Gasteiger partial charge in [0.2, 0.25) is 0 Å². The molecule has 1 aliphatic rings. The molecule has 0 spiro atoms. The van der Waals surface area contributed by atoms with Crippen LogP contribution < -0.4 is 17.2 Å². The van der Waals surface area contributed by atoms with E-state index in [9.17, 15) is 0 Å². The van der Waals surface area contributed by atoms with Crippen molar-refractivity contribution in [2.75, 3.05) is 5.73 Å². The van der Waals surface area contributed by atoms with Gasteiger partial charge < -0.3 is 17.2 Å². The molecule has 29 heavy (non-hydrogen) atoms. The first-order valence-corrected chi connectivity index (χ1v) is 10.5. The van der Waals surface area contributed by atoms with Gasteiger partial charge in [0.05, 0.1) is 5.52 Å². The van der Waals surface area contributed by atoms with Crippen molar-refractivity contribution >= 4 is 28.3 Å². The second-order valence-corrected chi connectivity index (χ2v) is 8.66. The molecule has 154 valence electrons. The van der Waals surface area contributed by atoms with Crippen molar-refractivity contribution in [3.05, 3.63) is 69.7 Å². The minimum Gasteiger partial charge on any atom is -0.384 e. The van der Waals surface area contributed by atoms with E-state index in [-0.39, 0.29) is 6.15 Å². The second-order valence-electron chi connectivity index (χ2n) is 8.22. The maximum atomic E-state index is 6.14. The van der Waals surface area contributed by atoms with Gasteiger partial charge in [0, 0.05) is 23.0 Å². The molecule has 4 rings (SSSR count). The smallest absolute Gasteiger partial charge is 0.124 e. The van der Waals surface area contributed by atoms with Crippen molar-refractivity contribution in [2.45, 2.75) is 58.0 Å². The third kappa shape index (κ3) is 5.08. The average Bonchev–Trinajstić information content (AvgIpc) is 2.65. The maximum Gasteiger partial charge on any atom is 0.124 e. The Kier molecular flexibility index (Phi) is 6.78. The molecule has 0 saturated heterocycles. The minimum atomic E-state index is 0. The van der Waals surface area contributed by atoms with E-state index in [2.05, 4.69) is 54.5 Å². The van der Waals surface area contributed by atoms with Gasteiger partial charge in [-0.05, 0) is 74.8 Å². The van der Waals surface area contributed by atoms with Crippen LogP contribution in [-0.4, -0.2) is 11.0 Å². The standard InChI is InChI=1S/C24H28ClN3.H3N/c1-15-9-16(2)11-17(10-15)14-27-20-6-3-18(4-7-20)22-13-24(26)28-23-12-19(25)5-8-21(22)23;/h5,8-13,18,20,27H,3-4,6-7,14H2,1-2H3,(H2,26,28);1H3. The molecule has 0 amide bonds. The second kappa shape index (κ2) is 9.12. The number of benzene rings is 2. The summed E-state index contributed by atoms with van der Waals surface area (Å²) in [5.74, 6) is 1.12. The number of fused-ring (bicyclic) bond motifs is 1. The van der Waals surface area contributed by atoms with Gasteiger partial charge in [-0.15, -0.1) is 0 Å². The van der Waals surface area contributed by atoms with Gasteiger partial charge in [0.1, 0.15) is 5.82 Å². The van der Waals surface area contributed by atoms with Gasteiger partial charge in [-0.1, -0.05) is 47.0 Å². The van der Waals surface area contributed by atoms with E-state index in [0.717, 1.165) is 12.1 Å². The number of hydrogen-bond acceptors (Lipinski definition) is 4. The van der Waals surface area contributed by atoms with Crippen molar-refractivity contribution in [1.29, 1.82) is 0 Å². The zero-order valence-electron chi connectivity index (χ0n) is 17.3.